The second-order valence-electron chi connectivity index (χ2n) is 7.10. The van der Waals surface area contributed by atoms with E-state index in [4.69, 9.17) is 4.74 Å². The van der Waals surface area contributed by atoms with Gasteiger partial charge in [0.2, 0.25) is 0 Å². The third-order valence-electron chi connectivity index (χ3n) is 4.90. The Morgan fingerprint density at radius 1 is 1.26 bits per heavy atom. The molecule has 1 N–H and O–H groups in total. The number of nitrogens with zero attached hydrogens (tertiary/aromatic N) is 1. The summed E-state index contributed by atoms with van der Waals surface area (Å²) in [4.78, 5) is 24.6. The molecule has 1 heterocycles. The standard InChI is InChI=1S/C21H25FN2O3/c1-13-12-19(14(2)24(13)18-8-9-18)21(26)27-15(3)20(25)23-11-10-16-4-6-17(22)7-5-16/h4-7,12,15,18H,8-11H2,1-3H3,(H,23,25)/t15-/m0/s1. The zero-order valence-electron chi connectivity index (χ0n) is 15.9. The van der Waals surface area contributed by atoms with E-state index in [0.29, 0.717) is 24.6 Å². The van der Waals surface area contributed by atoms with Crippen LogP contribution in [0, 0.1) is 19.7 Å². The summed E-state index contributed by atoms with van der Waals surface area (Å²) >= 11 is 0. The molecule has 1 aliphatic carbocycles. The van der Waals surface area contributed by atoms with E-state index in [1.165, 1.54) is 12.1 Å². The highest BCUT2D eigenvalue weighted by Gasteiger charge is 2.29. The minimum atomic E-state index is -0.880. The van der Waals surface area contributed by atoms with E-state index in [-0.39, 0.29) is 11.7 Å². The highest BCUT2D eigenvalue weighted by Crippen LogP contribution is 2.38. The molecule has 3 rings (SSSR count). The summed E-state index contributed by atoms with van der Waals surface area (Å²) < 4.78 is 20.4. The fourth-order valence-corrected chi connectivity index (χ4v) is 3.28. The Hall–Kier alpha value is -2.63. The zero-order chi connectivity index (χ0) is 19.6. The number of aromatic nitrogens is 1. The predicted molar refractivity (Wildman–Crippen MR) is 100 cm³/mol. The number of hydrogen-bond donors (Lipinski definition) is 1. The predicted octanol–water partition coefficient (Wildman–Crippen LogP) is 3.48. The van der Waals surface area contributed by atoms with E-state index in [0.717, 1.165) is 29.8 Å². The summed E-state index contributed by atoms with van der Waals surface area (Å²) in [6.07, 6.45) is 1.97. The number of benzene rings is 1. The molecule has 5 nitrogen and oxygen atoms in total. The average Bonchev–Trinajstić information content (AvgIpc) is 3.41. The molecule has 0 unspecified atom stereocenters. The van der Waals surface area contributed by atoms with E-state index in [9.17, 15) is 14.0 Å². The van der Waals surface area contributed by atoms with Crippen molar-refractivity contribution in [3.63, 3.8) is 0 Å². The maximum atomic E-state index is 12.9. The summed E-state index contributed by atoms with van der Waals surface area (Å²) in [6.45, 7) is 5.84. The first-order valence-electron chi connectivity index (χ1n) is 9.28. The van der Waals surface area contributed by atoms with Gasteiger partial charge >= 0.3 is 5.97 Å². The van der Waals surface area contributed by atoms with Crippen LogP contribution < -0.4 is 5.32 Å². The normalized spacial score (nSPS) is 14.7. The molecule has 1 aromatic carbocycles. The third kappa shape index (κ3) is 4.56. The van der Waals surface area contributed by atoms with Gasteiger partial charge in [0, 0.05) is 24.0 Å². The molecule has 144 valence electrons. The Bertz CT molecular complexity index is 838. The molecule has 0 aliphatic heterocycles. The molecule has 1 aliphatic rings. The molecule has 6 heteroatoms. The molecule has 1 amide bonds. The van der Waals surface area contributed by atoms with Crippen LogP contribution in [0.2, 0.25) is 0 Å². The minimum absolute atomic E-state index is 0.288. The van der Waals surface area contributed by atoms with Crippen LogP contribution in [0.3, 0.4) is 0 Å². The van der Waals surface area contributed by atoms with Gasteiger partial charge in [-0.3, -0.25) is 4.79 Å². The molecule has 27 heavy (non-hydrogen) atoms. The van der Waals surface area contributed by atoms with Crippen molar-refractivity contribution in [2.75, 3.05) is 6.54 Å². The van der Waals surface area contributed by atoms with Crippen molar-refractivity contribution >= 4 is 11.9 Å². The fourth-order valence-electron chi connectivity index (χ4n) is 3.28. The zero-order valence-corrected chi connectivity index (χ0v) is 15.9. The van der Waals surface area contributed by atoms with Gasteiger partial charge in [0.05, 0.1) is 5.56 Å². The molecule has 0 saturated heterocycles. The molecule has 0 spiro atoms. The summed E-state index contributed by atoms with van der Waals surface area (Å²) in [6, 6.07) is 8.45. The number of carbonyl (C=O) groups excluding carboxylic acids is 2. The summed E-state index contributed by atoms with van der Waals surface area (Å²) in [5.74, 6) is -1.11. The highest BCUT2D eigenvalue weighted by molar-refractivity contribution is 5.93. The molecule has 1 aromatic heterocycles. The first-order valence-corrected chi connectivity index (χ1v) is 9.28. The molecule has 0 bridgehead atoms. The number of nitrogens with one attached hydrogen (secondary N) is 1. The maximum absolute atomic E-state index is 12.9. The number of halogens is 1. The van der Waals surface area contributed by atoms with E-state index < -0.39 is 12.1 Å². The summed E-state index contributed by atoms with van der Waals surface area (Å²) in [5, 5.41) is 2.75. The van der Waals surface area contributed by atoms with E-state index in [1.54, 1.807) is 19.1 Å². The van der Waals surface area contributed by atoms with Gasteiger partial charge < -0.3 is 14.6 Å². The van der Waals surface area contributed by atoms with Crippen LogP contribution in [0.15, 0.2) is 30.3 Å². The van der Waals surface area contributed by atoms with E-state index in [1.807, 2.05) is 19.9 Å². The molecule has 2 aromatic rings. The van der Waals surface area contributed by atoms with Crippen LogP contribution in [0.4, 0.5) is 4.39 Å². The molecular weight excluding hydrogens is 347 g/mol. The van der Waals surface area contributed by atoms with Crippen molar-refractivity contribution in [3.8, 4) is 0 Å². The van der Waals surface area contributed by atoms with Gasteiger partial charge in [-0.2, -0.15) is 0 Å². The summed E-state index contributed by atoms with van der Waals surface area (Å²) in [5.41, 5.74) is 3.38. The Morgan fingerprint density at radius 2 is 1.93 bits per heavy atom. The van der Waals surface area contributed by atoms with Crippen molar-refractivity contribution in [2.24, 2.45) is 0 Å². The average molecular weight is 372 g/mol. The fraction of sp³-hybridized carbons (Fsp3) is 0.429. The van der Waals surface area contributed by atoms with Crippen LogP contribution in [0.25, 0.3) is 0 Å². The second kappa shape index (κ2) is 7.94. The Labute approximate surface area is 158 Å². The Kier molecular flexibility index (Phi) is 5.63. The van der Waals surface area contributed by atoms with Gasteiger partial charge in [-0.25, -0.2) is 9.18 Å². The number of carbonyl (C=O) groups is 2. The van der Waals surface area contributed by atoms with Crippen LogP contribution >= 0.6 is 0 Å². The van der Waals surface area contributed by atoms with Crippen LogP contribution in [-0.2, 0) is 16.0 Å². The van der Waals surface area contributed by atoms with Gasteiger partial charge in [0.1, 0.15) is 5.82 Å². The third-order valence-corrected chi connectivity index (χ3v) is 4.90. The molecular formula is C21H25FN2O3. The lowest BCUT2D eigenvalue weighted by Gasteiger charge is -2.14. The van der Waals surface area contributed by atoms with Gasteiger partial charge in [-0.15, -0.1) is 0 Å². The van der Waals surface area contributed by atoms with Gasteiger partial charge in [-0.05, 0) is 63.8 Å². The van der Waals surface area contributed by atoms with Gasteiger partial charge in [0.15, 0.2) is 6.10 Å². The van der Waals surface area contributed by atoms with Crippen molar-refractivity contribution in [2.45, 2.75) is 52.2 Å². The highest BCUT2D eigenvalue weighted by atomic mass is 19.1. The molecule has 0 radical (unpaired) electrons. The monoisotopic (exact) mass is 372 g/mol. The molecule has 1 saturated carbocycles. The second-order valence-corrected chi connectivity index (χ2v) is 7.10. The lowest BCUT2D eigenvalue weighted by atomic mass is 10.1. The Morgan fingerprint density at radius 3 is 2.56 bits per heavy atom. The molecule has 1 fully saturated rings. The first kappa shape index (κ1) is 19.1. The maximum Gasteiger partial charge on any atom is 0.340 e. The lowest BCUT2D eigenvalue weighted by Crippen LogP contribution is -2.37. The Balaban J connectivity index is 1.51. The van der Waals surface area contributed by atoms with E-state index >= 15 is 0 Å². The van der Waals surface area contributed by atoms with Crippen molar-refractivity contribution in [1.82, 2.24) is 9.88 Å². The van der Waals surface area contributed by atoms with Crippen LogP contribution in [0.1, 0.15) is 53.1 Å². The number of aryl methyl sites for hydroxylation is 1. The quantitative estimate of drug-likeness (QED) is 0.757. The number of hydrogen-bond acceptors (Lipinski definition) is 3. The summed E-state index contributed by atoms with van der Waals surface area (Å²) in [7, 11) is 0. The number of esters is 1. The smallest absolute Gasteiger partial charge is 0.340 e. The number of rotatable bonds is 7. The van der Waals surface area contributed by atoms with Crippen LogP contribution in [-0.4, -0.2) is 29.1 Å². The minimum Gasteiger partial charge on any atom is -0.449 e. The van der Waals surface area contributed by atoms with Crippen molar-refractivity contribution in [1.29, 1.82) is 0 Å². The van der Waals surface area contributed by atoms with Crippen molar-refractivity contribution < 1.29 is 18.7 Å². The van der Waals surface area contributed by atoms with Gasteiger partial charge in [-0.1, -0.05) is 12.1 Å². The van der Waals surface area contributed by atoms with Gasteiger partial charge in [0.25, 0.3) is 5.91 Å². The molecule has 1 atom stereocenters. The SMILES string of the molecule is Cc1cc(C(=O)O[C@@H](C)C(=O)NCCc2ccc(F)cc2)c(C)n1C1CC1. The number of amides is 1. The number of ether oxygens (including phenoxy) is 1. The topological polar surface area (TPSA) is 60.3 Å². The lowest BCUT2D eigenvalue weighted by molar-refractivity contribution is -0.129. The first-order chi connectivity index (χ1) is 12.9. The largest absolute Gasteiger partial charge is 0.449 e. The van der Waals surface area contributed by atoms with E-state index in [2.05, 4.69) is 9.88 Å². The van der Waals surface area contributed by atoms with Crippen molar-refractivity contribution in [3.05, 3.63) is 58.7 Å². The van der Waals surface area contributed by atoms with Crippen LogP contribution in [0.5, 0.6) is 0 Å².